The Hall–Kier alpha value is -1.59. The van der Waals surface area contributed by atoms with Crippen LogP contribution in [-0.2, 0) is 16.6 Å². The zero-order chi connectivity index (χ0) is 17.8. The maximum absolute atomic E-state index is 13.0. The number of ether oxygens (including phenoxy) is 1. The number of ketones is 1. The molecule has 5 aliphatic rings. The average molecular weight is 355 g/mol. The first-order chi connectivity index (χ1) is 12.5. The van der Waals surface area contributed by atoms with Gasteiger partial charge in [-0.2, -0.15) is 0 Å². The summed E-state index contributed by atoms with van der Waals surface area (Å²) in [4.78, 5) is 15.5. The minimum absolute atomic E-state index is 0.0292. The van der Waals surface area contributed by atoms with Crippen molar-refractivity contribution in [3.05, 3.63) is 23.3 Å². The normalized spacial score (nSPS) is 43.2. The number of phenols is 1. The molecule has 138 valence electrons. The summed E-state index contributed by atoms with van der Waals surface area (Å²) >= 11 is 0. The van der Waals surface area contributed by atoms with E-state index in [4.69, 9.17) is 4.74 Å². The van der Waals surface area contributed by atoms with Gasteiger partial charge < -0.3 is 14.9 Å². The first-order valence-electron chi connectivity index (χ1n) is 9.98. The van der Waals surface area contributed by atoms with Crippen LogP contribution in [0.15, 0.2) is 12.1 Å². The molecule has 5 nitrogen and oxygen atoms in total. The second kappa shape index (κ2) is 4.63. The lowest BCUT2D eigenvalue weighted by molar-refractivity contribution is -0.196. The van der Waals surface area contributed by atoms with Crippen molar-refractivity contribution >= 4 is 5.78 Å². The van der Waals surface area contributed by atoms with E-state index >= 15 is 0 Å². The fraction of sp³-hybridized carbons (Fsp3) is 0.667. The number of nitrogens with zero attached hydrogens (tertiary/aromatic N) is 1. The molecule has 2 heterocycles. The number of piperidine rings is 1. The Balaban J connectivity index is 1.59. The minimum Gasteiger partial charge on any atom is -0.504 e. The molecule has 2 aliphatic heterocycles. The Morgan fingerprint density at radius 3 is 2.92 bits per heavy atom. The van der Waals surface area contributed by atoms with Crippen molar-refractivity contribution in [2.75, 3.05) is 13.1 Å². The van der Waals surface area contributed by atoms with Gasteiger partial charge in [-0.25, -0.2) is 0 Å². The summed E-state index contributed by atoms with van der Waals surface area (Å²) < 4.78 is 6.11. The largest absolute Gasteiger partial charge is 0.504 e. The van der Waals surface area contributed by atoms with E-state index in [0.717, 1.165) is 43.0 Å². The third kappa shape index (κ3) is 1.59. The molecule has 1 spiro atoms. The van der Waals surface area contributed by atoms with E-state index in [0.29, 0.717) is 12.2 Å². The number of rotatable bonds is 2. The number of aliphatic hydroxyl groups is 1. The van der Waals surface area contributed by atoms with Gasteiger partial charge in [-0.15, -0.1) is 0 Å². The molecule has 5 atom stereocenters. The molecule has 2 unspecified atom stereocenters. The number of aromatic hydroxyl groups is 1. The fourth-order valence-electron chi connectivity index (χ4n) is 6.53. The van der Waals surface area contributed by atoms with Crippen LogP contribution in [-0.4, -0.2) is 51.7 Å². The number of carbonyl (C=O) groups is 1. The number of hydrogen-bond donors (Lipinski definition) is 2. The van der Waals surface area contributed by atoms with Crippen molar-refractivity contribution in [2.24, 2.45) is 11.8 Å². The molecule has 0 amide bonds. The third-order valence-corrected chi connectivity index (χ3v) is 7.87. The molecule has 0 radical (unpaired) electrons. The van der Waals surface area contributed by atoms with Gasteiger partial charge in [0, 0.05) is 24.1 Å². The number of benzene rings is 1. The van der Waals surface area contributed by atoms with E-state index in [9.17, 15) is 15.0 Å². The van der Waals surface area contributed by atoms with Crippen LogP contribution in [0, 0.1) is 11.8 Å². The van der Waals surface area contributed by atoms with E-state index in [2.05, 4.69) is 4.90 Å². The highest BCUT2D eigenvalue weighted by Crippen LogP contribution is 2.65. The van der Waals surface area contributed by atoms with Crippen molar-refractivity contribution in [1.29, 1.82) is 0 Å². The van der Waals surface area contributed by atoms with Crippen LogP contribution in [0.5, 0.6) is 11.5 Å². The second-order valence-corrected chi connectivity index (χ2v) is 9.26. The Morgan fingerprint density at radius 2 is 2.15 bits per heavy atom. The first kappa shape index (κ1) is 15.5. The number of carbonyl (C=O) groups excluding carboxylic acids is 1. The summed E-state index contributed by atoms with van der Waals surface area (Å²) in [5.74, 6) is 1.16. The minimum atomic E-state index is -0.968. The van der Waals surface area contributed by atoms with Gasteiger partial charge in [-0.1, -0.05) is 13.0 Å². The monoisotopic (exact) mass is 355 g/mol. The van der Waals surface area contributed by atoms with Crippen molar-refractivity contribution in [3.63, 3.8) is 0 Å². The molecular formula is C21H25NO4. The van der Waals surface area contributed by atoms with Gasteiger partial charge in [0.25, 0.3) is 0 Å². The van der Waals surface area contributed by atoms with Crippen LogP contribution in [0.1, 0.15) is 43.7 Å². The molecular weight excluding hydrogens is 330 g/mol. The van der Waals surface area contributed by atoms with E-state index in [1.54, 1.807) is 6.07 Å². The van der Waals surface area contributed by atoms with Gasteiger partial charge in [0.05, 0.1) is 11.0 Å². The average Bonchev–Trinajstić information content (AvgIpc) is 3.33. The fourth-order valence-corrected chi connectivity index (χ4v) is 6.53. The molecule has 6 rings (SSSR count). The molecule has 3 aliphatic carbocycles. The van der Waals surface area contributed by atoms with Crippen LogP contribution in [0.3, 0.4) is 0 Å². The van der Waals surface area contributed by atoms with Crippen molar-refractivity contribution in [1.82, 2.24) is 4.90 Å². The highest BCUT2D eigenvalue weighted by Gasteiger charge is 2.74. The molecule has 2 bridgehead atoms. The Bertz CT molecular complexity index is 834. The predicted molar refractivity (Wildman–Crippen MR) is 94.3 cm³/mol. The Morgan fingerprint density at radius 1 is 1.35 bits per heavy atom. The standard InChI is InChI=1S/C21H25NO4/c1-11-9-21(25)15-8-13-4-5-14(23)18-16(13)20(21,19(26-18)17(11)24)6-7-22(15)10-12-2-3-12/h4-5,11-12,15,19,23,25H,2-3,6-10H2,1H3/t11?,15-,19?,20+,21-/m1/s1. The molecule has 1 aromatic rings. The van der Waals surface area contributed by atoms with E-state index in [1.807, 2.05) is 13.0 Å². The van der Waals surface area contributed by atoms with Gasteiger partial charge in [0.1, 0.15) is 0 Å². The lowest BCUT2D eigenvalue weighted by Gasteiger charge is -2.63. The molecule has 26 heavy (non-hydrogen) atoms. The molecule has 5 heteroatoms. The molecule has 0 aromatic heterocycles. The zero-order valence-electron chi connectivity index (χ0n) is 15.1. The first-order valence-corrected chi connectivity index (χ1v) is 9.98. The smallest absolute Gasteiger partial charge is 0.177 e. The summed E-state index contributed by atoms with van der Waals surface area (Å²) in [5, 5.41) is 22.5. The van der Waals surface area contributed by atoms with Gasteiger partial charge in [-0.3, -0.25) is 9.69 Å². The van der Waals surface area contributed by atoms with Crippen LogP contribution >= 0.6 is 0 Å². The maximum Gasteiger partial charge on any atom is 0.177 e. The third-order valence-electron chi connectivity index (χ3n) is 7.87. The lowest BCUT2D eigenvalue weighted by atomic mass is 9.47. The predicted octanol–water partition coefficient (Wildman–Crippen LogP) is 1.77. The summed E-state index contributed by atoms with van der Waals surface area (Å²) in [7, 11) is 0. The molecule has 1 saturated heterocycles. The number of likely N-dealkylation sites (tertiary alicyclic amines) is 1. The maximum atomic E-state index is 13.0. The van der Waals surface area contributed by atoms with Crippen LogP contribution in [0.2, 0.25) is 0 Å². The van der Waals surface area contributed by atoms with Gasteiger partial charge >= 0.3 is 0 Å². The quantitative estimate of drug-likeness (QED) is 0.846. The number of hydrogen-bond acceptors (Lipinski definition) is 5. The second-order valence-electron chi connectivity index (χ2n) is 9.26. The molecule has 1 aromatic carbocycles. The summed E-state index contributed by atoms with van der Waals surface area (Å²) in [6, 6.07) is 3.68. The van der Waals surface area contributed by atoms with E-state index in [1.165, 1.54) is 12.8 Å². The zero-order valence-corrected chi connectivity index (χ0v) is 15.1. The van der Waals surface area contributed by atoms with Gasteiger partial charge in [0.2, 0.25) is 0 Å². The molecule has 2 N–H and O–H groups in total. The van der Waals surface area contributed by atoms with E-state index < -0.39 is 17.1 Å². The topological polar surface area (TPSA) is 70.0 Å². The Labute approximate surface area is 152 Å². The summed E-state index contributed by atoms with van der Waals surface area (Å²) in [5.41, 5.74) is 0.401. The van der Waals surface area contributed by atoms with Gasteiger partial charge in [0.15, 0.2) is 23.4 Å². The van der Waals surface area contributed by atoms with Crippen LogP contribution < -0.4 is 4.74 Å². The van der Waals surface area contributed by atoms with E-state index in [-0.39, 0.29) is 23.5 Å². The van der Waals surface area contributed by atoms with Crippen molar-refractivity contribution < 1.29 is 19.7 Å². The summed E-state index contributed by atoms with van der Waals surface area (Å²) in [6.07, 6.45) is 3.91. The highest BCUT2D eigenvalue weighted by atomic mass is 16.5. The van der Waals surface area contributed by atoms with Crippen LogP contribution in [0.25, 0.3) is 0 Å². The summed E-state index contributed by atoms with van der Waals surface area (Å²) in [6.45, 7) is 3.85. The number of phenolic OH excluding ortho intramolecular Hbond substituents is 1. The van der Waals surface area contributed by atoms with Gasteiger partial charge in [-0.05, 0) is 56.2 Å². The lowest BCUT2D eigenvalue weighted by Crippen LogP contribution is -2.77. The highest BCUT2D eigenvalue weighted by molar-refractivity contribution is 5.91. The number of Topliss-reactive ketones (excluding diaryl/α,β-unsaturated/α-hetero) is 1. The van der Waals surface area contributed by atoms with Crippen molar-refractivity contribution in [2.45, 2.75) is 62.2 Å². The van der Waals surface area contributed by atoms with Crippen molar-refractivity contribution in [3.8, 4) is 11.5 Å². The SMILES string of the molecule is CC1C[C@@]2(O)[C@H]3Cc4ccc(O)c5c4[C@@]2(CCN3CC2CC2)C(O5)C1=O. The molecule has 3 fully saturated rings. The van der Waals surface area contributed by atoms with Crippen LogP contribution in [0.4, 0.5) is 0 Å². The molecule has 2 saturated carbocycles. The Kier molecular flexibility index (Phi) is 2.75.